The topological polar surface area (TPSA) is 143 Å². The molecule has 2 aromatic heterocycles. The summed E-state index contributed by atoms with van der Waals surface area (Å²) in [7, 11) is -2.73. The molecule has 30 heavy (non-hydrogen) atoms. The molecule has 3 atom stereocenters. The van der Waals surface area contributed by atoms with Gasteiger partial charge in [0.2, 0.25) is 0 Å². The molecule has 3 heterocycles. The number of benzene rings is 1. The minimum Gasteiger partial charge on any atom is -0.390 e. The lowest BCUT2D eigenvalue weighted by atomic mass is 10.2. The normalized spacial score (nSPS) is 21.9. The summed E-state index contributed by atoms with van der Waals surface area (Å²) in [6, 6.07) is 9.97. The summed E-state index contributed by atoms with van der Waals surface area (Å²) in [4.78, 5) is 32.8. The summed E-state index contributed by atoms with van der Waals surface area (Å²) in [6.45, 7) is 0.217. The molecule has 0 bridgehead atoms. The summed E-state index contributed by atoms with van der Waals surface area (Å²) in [5.74, 6) is 0.655. The van der Waals surface area contributed by atoms with Crippen molar-refractivity contribution in [3.8, 4) is 0 Å². The number of aliphatic hydroxyl groups excluding tert-OH is 1. The van der Waals surface area contributed by atoms with E-state index in [9.17, 15) is 9.67 Å². The maximum absolute atomic E-state index is 10.9. The number of hydrogen-bond donors (Lipinski definition) is 3. The molecule has 1 saturated heterocycles. The first-order valence-electron chi connectivity index (χ1n) is 9.28. The summed E-state index contributed by atoms with van der Waals surface area (Å²) in [5, 5.41) is 10.2. The molecule has 160 valence electrons. The Hall–Kier alpha value is -2.40. The molecular weight excluding hydrogens is 413 g/mol. The molecule has 1 aliphatic heterocycles. The second kappa shape index (κ2) is 8.38. The molecule has 3 aromatic rings. The molecule has 0 saturated carbocycles. The van der Waals surface area contributed by atoms with Crippen LogP contribution in [0.1, 0.15) is 18.2 Å². The maximum atomic E-state index is 10.9. The van der Waals surface area contributed by atoms with Crippen molar-refractivity contribution in [3.63, 3.8) is 0 Å². The summed E-state index contributed by atoms with van der Waals surface area (Å²) in [5.41, 5.74) is 2.25. The molecule has 12 heteroatoms. The number of hydrogen-bond acceptors (Lipinski definition) is 8. The number of fused-ring (bicyclic) bond motifs is 1. The van der Waals surface area contributed by atoms with Gasteiger partial charge in [0, 0.05) is 20.0 Å². The van der Waals surface area contributed by atoms with Gasteiger partial charge in [0.25, 0.3) is 0 Å². The van der Waals surface area contributed by atoms with Crippen LogP contribution in [0.25, 0.3) is 11.2 Å². The van der Waals surface area contributed by atoms with E-state index >= 15 is 0 Å². The van der Waals surface area contributed by atoms with Crippen LogP contribution in [0.2, 0.25) is 0 Å². The van der Waals surface area contributed by atoms with Crippen LogP contribution < -0.4 is 4.90 Å². The average molecular weight is 435 g/mol. The SMILES string of the molecule is CN(Cc1ccccc1)c1ncnc2c1ncn2[C@H]1C[C@H](O)[C@@H](COP(=O)(O)O)O1. The van der Waals surface area contributed by atoms with E-state index in [4.69, 9.17) is 14.5 Å². The minimum atomic E-state index is -4.65. The Morgan fingerprint density at radius 3 is 2.77 bits per heavy atom. The van der Waals surface area contributed by atoms with Crippen LogP contribution in [0.4, 0.5) is 5.82 Å². The number of aromatic nitrogens is 4. The Morgan fingerprint density at radius 1 is 1.27 bits per heavy atom. The Morgan fingerprint density at radius 2 is 2.03 bits per heavy atom. The van der Waals surface area contributed by atoms with Crippen LogP contribution in [0.15, 0.2) is 43.0 Å². The van der Waals surface area contributed by atoms with Gasteiger partial charge in [-0.3, -0.25) is 9.09 Å². The Kier molecular flexibility index (Phi) is 5.83. The van der Waals surface area contributed by atoms with E-state index in [2.05, 4.69) is 19.5 Å². The van der Waals surface area contributed by atoms with Gasteiger partial charge in [-0.2, -0.15) is 0 Å². The quantitative estimate of drug-likeness (QED) is 0.464. The number of anilines is 1. The number of imidazole rings is 1. The lowest BCUT2D eigenvalue weighted by Crippen LogP contribution is -2.25. The monoisotopic (exact) mass is 435 g/mol. The fourth-order valence-corrected chi connectivity index (χ4v) is 3.81. The predicted molar refractivity (Wildman–Crippen MR) is 106 cm³/mol. The van der Waals surface area contributed by atoms with E-state index < -0.39 is 32.9 Å². The number of ether oxygens (including phenoxy) is 1. The Labute approximate surface area is 172 Å². The molecule has 1 aliphatic rings. The summed E-state index contributed by atoms with van der Waals surface area (Å²) in [6.07, 6.45) is 0.792. The summed E-state index contributed by atoms with van der Waals surface area (Å²) >= 11 is 0. The maximum Gasteiger partial charge on any atom is 0.469 e. The van der Waals surface area contributed by atoms with Gasteiger partial charge in [0.1, 0.15) is 18.7 Å². The van der Waals surface area contributed by atoms with E-state index in [-0.39, 0.29) is 6.42 Å². The summed E-state index contributed by atoms with van der Waals surface area (Å²) < 4.78 is 22.8. The average Bonchev–Trinajstić information content (AvgIpc) is 3.29. The largest absolute Gasteiger partial charge is 0.469 e. The van der Waals surface area contributed by atoms with Crippen LogP contribution in [-0.4, -0.2) is 60.3 Å². The molecule has 0 amide bonds. The molecule has 0 spiro atoms. The zero-order valence-electron chi connectivity index (χ0n) is 16.1. The highest BCUT2D eigenvalue weighted by molar-refractivity contribution is 7.46. The first-order valence-corrected chi connectivity index (χ1v) is 10.8. The lowest BCUT2D eigenvalue weighted by molar-refractivity contribution is -0.0424. The molecule has 0 radical (unpaired) electrons. The minimum absolute atomic E-state index is 0.208. The Bertz CT molecular complexity index is 1060. The molecule has 0 unspecified atom stereocenters. The molecule has 11 nitrogen and oxygen atoms in total. The second-order valence-electron chi connectivity index (χ2n) is 7.08. The first-order chi connectivity index (χ1) is 14.3. The predicted octanol–water partition coefficient (Wildman–Crippen LogP) is 1.22. The van der Waals surface area contributed by atoms with Gasteiger partial charge >= 0.3 is 7.82 Å². The molecule has 1 aromatic carbocycles. The van der Waals surface area contributed by atoms with Gasteiger partial charge in [0.05, 0.1) is 19.0 Å². The van der Waals surface area contributed by atoms with Crippen LogP contribution in [0.5, 0.6) is 0 Å². The molecule has 1 fully saturated rings. The third-order valence-corrected chi connectivity index (χ3v) is 5.37. The smallest absolute Gasteiger partial charge is 0.390 e. The molecule has 4 rings (SSSR count). The fourth-order valence-electron chi connectivity index (χ4n) is 3.47. The number of phosphoric acid groups is 1. The van der Waals surface area contributed by atoms with Gasteiger partial charge in [-0.25, -0.2) is 19.5 Å². The van der Waals surface area contributed by atoms with E-state index in [1.165, 1.54) is 6.33 Å². The van der Waals surface area contributed by atoms with E-state index in [0.29, 0.717) is 23.5 Å². The molecule has 0 aliphatic carbocycles. The van der Waals surface area contributed by atoms with Crippen molar-refractivity contribution < 1.29 is 28.7 Å². The van der Waals surface area contributed by atoms with Crippen molar-refractivity contribution in [2.24, 2.45) is 0 Å². The van der Waals surface area contributed by atoms with Crippen molar-refractivity contribution >= 4 is 24.8 Å². The first kappa shape index (κ1) is 20.9. The van der Waals surface area contributed by atoms with E-state index in [0.717, 1.165) is 5.56 Å². The fraction of sp³-hybridized carbons (Fsp3) is 0.389. The number of aliphatic hydroxyl groups is 1. The van der Waals surface area contributed by atoms with Gasteiger partial charge in [-0.15, -0.1) is 0 Å². The van der Waals surface area contributed by atoms with Crippen molar-refractivity contribution in [3.05, 3.63) is 48.5 Å². The van der Waals surface area contributed by atoms with Crippen LogP contribution >= 0.6 is 7.82 Å². The Balaban J connectivity index is 1.54. The standard InChI is InChI=1S/C18H22N5O6P/c1-22(8-12-5-3-2-4-6-12)17-16-18(20-10-19-17)23(11-21-16)15-7-13(24)14(29-15)9-28-30(25,26)27/h2-6,10-11,13-15,24H,7-9H2,1H3,(H2,25,26,27)/t13-,14+,15+/m0/s1. The zero-order valence-corrected chi connectivity index (χ0v) is 17.0. The van der Waals surface area contributed by atoms with E-state index in [1.807, 2.05) is 42.3 Å². The van der Waals surface area contributed by atoms with E-state index in [1.54, 1.807) is 10.9 Å². The second-order valence-corrected chi connectivity index (χ2v) is 8.32. The highest BCUT2D eigenvalue weighted by Gasteiger charge is 2.37. The van der Waals surface area contributed by atoms with Crippen LogP contribution in [0.3, 0.4) is 0 Å². The van der Waals surface area contributed by atoms with Crippen molar-refractivity contribution in [2.75, 3.05) is 18.6 Å². The number of rotatable bonds is 7. The van der Waals surface area contributed by atoms with Crippen LogP contribution in [-0.2, 0) is 20.4 Å². The molecular formula is C18H22N5O6P. The van der Waals surface area contributed by atoms with Gasteiger partial charge in [-0.05, 0) is 5.56 Å². The highest BCUT2D eigenvalue weighted by Crippen LogP contribution is 2.38. The van der Waals surface area contributed by atoms with Crippen molar-refractivity contribution in [1.29, 1.82) is 0 Å². The number of nitrogens with zero attached hydrogens (tertiary/aromatic N) is 5. The molecule has 3 N–H and O–H groups in total. The van der Waals surface area contributed by atoms with Crippen molar-refractivity contribution in [2.45, 2.75) is 31.4 Å². The number of phosphoric ester groups is 1. The van der Waals surface area contributed by atoms with Gasteiger partial charge in [0.15, 0.2) is 17.0 Å². The van der Waals surface area contributed by atoms with Gasteiger partial charge < -0.3 is 24.5 Å². The third-order valence-electron chi connectivity index (χ3n) is 4.88. The zero-order chi connectivity index (χ0) is 21.3. The highest BCUT2D eigenvalue weighted by atomic mass is 31.2. The van der Waals surface area contributed by atoms with Crippen molar-refractivity contribution in [1.82, 2.24) is 19.5 Å². The van der Waals surface area contributed by atoms with Gasteiger partial charge in [-0.1, -0.05) is 30.3 Å². The van der Waals surface area contributed by atoms with Crippen LogP contribution in [0, 0.1) is 0 Å². The third kappa shape index (κ3) is 4.51. The lowest BCUT2D eigenvalue weighted by Gasteiger charge is -2.19.